The second-order valence-electron chi connectivity index (χ2n) is 5.95. The van der Waals surface area contributed by atoms with Gasteiger partial charge in [-0.25, -0.2) is 4.98 Å². The summed E-state index contributed by atoms with van der Waals surface area (Å²) in [6.07, 6.45) is 0. The molecular formula is C14H19Cl2N3O. The number of halogens is 2. The van der Waals surface area contributed by atoms with Crippen LogP contribution in [0.25, 0.3) is 0 Å². The van der Waals surface area contributed by atoms with Gasteiger partial charge in [0.15, 0.2) is 0 Å². The van der Waals surface area contributed by atoms with Gasteiger partial charge in [0, 0.05) is 37.3 Å². The van der Waals surface area contributed by atoms with Crippen molar-refractivity contribution in [3.05, 3.63) is 28.0 Å². The third-order valence-corrected chi connectivity index (χ3v) is 3.91. The Kier molecular flexibility index (Phi) is 4.57. The molecule has 2 rings (SSSR count). The standard InChI is InChI=1S/C14H19Cl2N3O/c1-14(2,3)19-6-4-18(5-7-19)13(20)10-8-11(15)17-12(16)9-10/h8-9H,4-7H2,1-3H3. The van der Waals surface area contributed by atoms with Gasteiger partial charge >= 0.3 is 0 Å². The Morgan fingerprint density at radius 1 is 1.10 bits per heavy atom. The van der Waals surface area contributed by atoms with Gasteiger partial charge in [-0.1, -0.05) is 23.2 Å². The molecule has 110 valence electrons. The maximum atomic E-state index is 12.4. The van der Waals surface area contributed by atoms with Crippen molar-refractivity contribution in [1.82, 2.24) is 14.8 Å². The number of amides is 1. The van der Waals surface area contributed by atoms with Crippen LogP contribution in [0.3, 0.4) is 0 Å². The average molecular weight is 316 g/mol. The van der Waals surface area contributed by atoms with E-state index in [-0.39, 0.29) is 21.8 Å². The number of pyridine rings is 1. The summed E-state index contributed by atoms with van der Waals surface area (Å²) in [5, 5.41) is 0.489. The number of hydrogen-bond acceptors (Lipinski definition) is 3. The quantitative estimate of drug-likeness (QED) is 0.748. The Morgan fingerprint density at radius 3 is 2.05 bits per heavy atom. The highest BCUT2D eigenvalue weighted by molar-refractivity contribution is 6.33. The molecule has 1 aliphatic heterocycles. The molecule has 1 aromatic rings. The minimum Gasteiger partial charge on any atom is -0.336 e. The second-order valence-corrected chi connectivity index (χ2v) is 6.73. The van der Waals surface area contributed by atoms with Crippen molar-refractivity contribution in [2.75, 3.05) is 26.2 Å². The lowest BCUT2D eigenvalue weighted by molar-refractivity contribution is 0.0451. The van der Waals surface area contributed by atoms with Crippen LogP contribution in [0.1, 0.15) is 31.1 Å². The van der Waals surface area contributed by atoms with Gasteiger partial charge in [0.25, 0.3) is 5.91 Å². The van der Waals surface area contributed by atoms with E-state index >= 15 is 0 Å². The summed E-state index contributed by atoms with van der Waals surface area (Å²) in [5.41, 5.74) is 0.637. The van der Waals surface area contributed by atoms with Crippen LogP contribution in [0.4, 0.5) is 0 Å². The number of hydrogen-bond donors (Lipinski definition) is 0. The topological polar surface area (TPSA) is 36.4 Å². The lowest BCUT2D eigenvalue weighted by Gasteiger charge is -2.42. The van der Waals surface area contributed by atoms with E-state index in [4.69, 9.17) is 23.2 Å². The fourth-order valence-corrected chi connectivity index (χ4v) is 2.81. The van der Waals surface area contributed by atoms with Gasteiger partial charge in [-0.3, -0.25) is 9.69 Å². The molecule has 4 nitrogen and oxygen atoms in total. The zero-order valence-electron chi connectivity index (χ0n) is 12.0. The van der Waals surface area contributed by atoms with Crippen molar-refractivity contribution in [2.45, 2.75) is 26.3 Å². The summed E-state index contributed by atoms with van der Waals surface area (Å²) < 4.78 is 0. The summed E-state index contributed by atoms with van der Waals surface area (Å²) in [6.45, 7) is 9.75. The molecule has 0 aromatic carbocycles. The summed E-state index contributed by atoms with van der Waals surface area (Å²) >= 11 is 11.7. The van der Waals surface area contributed by atoms with Gasteiger partial charge < -0.3 is 4.90 Å². The van der Waals surface area contributed by atoms with E-state index in [0.717, 1.165) is 13.1 Å². The maximum Gasteiger partial charge on any atom is 0.254 e. The lowest BCUT2D eigenvalue weighted by Crippen LogP contribution is -2.54. The molecule has 1 fully saturated rings. The molecule has 0 saturated carbocycles. The smallest absolute Gasteiger partial charge is 0.254 e. The Bertz CT molecular complexity index is 485. The first-order valence-corrected chi connectivity index (χ1v) is 7.40. The first kappa shape index (κ1) is 15.5. The minimum atomic E-state index is -0.0373. The average Bonchev–Trinajstić information content (AvgIpc) is 2.36. The predicted molar refractivity (Wildman–Crippen MR) is 81.5 cm³/mol. The summed E-state index contributed by atoms with van der Waals surface area (Å²) in [7, 11) is 0. The fourth-order valence-electron chi connectivity index (χ4n) is 2.35. The zero-order valence-corrected chi connectivity index (χ0v) is 13.5. The number of carbonyl (C=O) groups is 1. The first-order chi connectivity index (χ1) is 9.27. The maximum absolute atomic E-state index is 12.4. The first-order valence-electron chi connectivity index (χ1n) is 6.65. The van der Waals surface area contributed by atoms with Crippen LogP contribution in [0.15, 0.2) is 12.1 Å². The third kappa shape index (κ3) is 3.62. The highest BCUT2D eigenvalue weighted by Crippen LogP contribution is 2.19. The fraction of sp³-hybridized carbons (Fsp3) is 0.571. The molecule has 1 amide bonds. The molecule has 0 bridgehead atoms. The molecular weight excluding hydrogens is 297 g/mol. The molecule has 0 N–H and O–H groups in total. The number of carbonyl (C=O) groups excluding carboxylic acids is 1. The molecule has 0 radical (unpaired) electrons. The monoisotopic (exact) mass is 315 g/mol. The molecule has 6 heteroatoms. The van der Waals surface area contributed by atoms with Crippen LogP contribution in [0.2, 0.25) is 10.3 Å². The number of rotatable bonds is 1. The van der Waals surface area contributed by atoms with Crippen LogP contribution in [-0.2, 0) is 0 Å². The molecule has 20 heavy (non-hydrogen) atoms. The Hall–Kier alpha value is -0.840. The highest BCUT2D eigenvalue weighted by atomic mass is 35.5. The van der Waals surface area contributed by atoms with Gasteiger partial charge in [-0.2, -0.15) is 0 Å². The van der Waals surface area contributed by atoms with E-state index in [0.29, 0.717) is 18.7 Å². The van der Waals surface area contributed by atoms with Crippen molar-refractivity contribution < 1.29 is 4.79 Å². The van der Waals surface area contributed by atoms with Gasteiger partial charge in [0.2, 0.25) is 0 Å². The molecule has 1 aliphatic rings. The predicted octanol–water partition coefficient (Wildman–Crippen LogP) is 2.94. The van der Waals surface area contributed by atoms with Crippen LogP contribution < -0.4 is 0 Å². The van der Waals surface area contributed by atoms with Crippen LogP contribution in [0.5, 0.6) is 0 Å². The van der Waals surface area contributed by atoms with Crippen LogP contribution in [0, 0.1) is 0 Å². The van der Waals surface area contributed by atoms with Crippen molar-refractivity contribution >= 4 is 29.1 Å². The summed E-state index contributed by atoms with van der Waals surface area (Å²) in [4.78, 5) is 20.5. The van der Waals surface area contributed by atoms with Gasteiger partial charge in [-0.05, 0) is 32.9 Å². The third-order valence-electron chi connectivity index (χ3n) is 3.53. The highest BCUT2D eigenvalue weighted by Gasteiger charge is 2.28. The minimum absolute atomic E-state index is 0.0373. The van der Waals surface area contributed by atoms with E-state index in [9.17, 15) is 4.79 Å². The van der Waals surface area contributed by atoms with Gasteiger partial charge in [0.1, 0.15) is 10.3 Å². The molecule has 0 unspecified atom stereocenters. The lowest BCUT2D eigenvalue weighted by atomic mass is 10.0. The Labute approximate surface area is 129 Å². The second kappa shape index (κ2) is 5.88. The van der Waals surface area contributed by atoms with E-state index in [2.05, 4.69) is 30.7 Å². The molecule has 0 atom stereocenters. The molecule has 1 aromatic heterocycles. The van der Waals surface area contributed by atoms with E-state index in [1.54, 1.807) is 12.1 Å². The van der Waals surface area contributed by atoms with Crippen molar-refractivity contribution in [3.8, 4) is 0 Å². The van der Waals surface area contributed by atoms with E-state index in [1.807, 2.05) is 4.90 Å². The number of piperazine rings is 1. The normalized spacial score (nSPS) is 17.4. The summed E-state index contributed by atoms with van der Waals surface area (Å²) in [5.74, 6) is -0.0373. The molecule has 0 aliphatic carbocycles. The molecule has 2 heterocycles. The summed E-state index contributed by atoms with van der Waals surface area (Å²) in [6, 6.07) is 3.12. The molecule has 1 saturated heterocycles. The van der Waals surface area contributed by atoms with E-state index < -0.39 is 0 Å². The largest absolute Gasteiger partial charge is 0.336 e. The Morgan fingerprint density at radius 2 is 1.60 bits per heavy atom. The molecule has 0 spiro atoms. The van der Waals surface area contributed by atoms with Gasteiger partial charge in [0.05, 0.1) is 0 Å². The van der Waals surface area contributed by atoms with Crippen LogP contribution >= 0.6 is 23.2 Å². The van der Waals surface area contributed by atoms with Crippen molar-refractivity contribution in [3.63, 3.8) is 0 Å². The van der Waals surface area contributed by atoms with Crippen LogP contribution in [-0.4, -0.2) is 52.4 Å². The van der Waals surface area contributed by atoms with Crippen molar-refractivity contribution in [1.29, 1.82) is 0 Å². The zero-order chi connectivity index (χ0) is 14.9. The van der Waals surface area contributed by atoms with Crippen molar-refractivity contribution in [2.24, 2.45) is 0 Å². The SMILES string of the molecule is CC(C)(C)N1CCN(C(=O)c2cc(Cl)nc(Cl)c2)CC1. The number of nitrogens with zero attached hydrogens (tertiary/aromatic N) is 3. The van der Waals surface area contributed by atoms with E-state index in [1.165, 1.54) is 0 Å². The Balaban J connectivity index is 2.05. The number of aromatic nitrogens is 1. The van der Waals surface area contributed by atoms with Gasteiger partial charge in [-0.15, -0.1) is 0 Å².